The minimum atomic E-state index is -1.14. The molecule has 3 aromatic rings. The topological polar surface area (TPSA) is 77.5 Å². The molecule has 3 rings (SSSR count). The summed E-state index contributed by atoms with van der Waals surface area (Å²) in [5.74, 6) is -0.333. The number of carbonyl (C=O) groups is 1. The van der Waals surface area contributed by atoms with E-state index in [1.807, 2.05) is 30.3 Å². The zero-order valence-corrected chi connectivity index (χ0v) is 11.0. The first-order chi connectivity index (χ1) is 10.2. The van der Waals surface area contributed by atoms with E-state index < -0.39 is 5.97 Å². The molecule has 0 atom stereocenters. The number of rotatable bonds is 5. The molecule has 21 heavy (non-hydrogen) atoms. The summed E-state index contributed by atoms with van der Waals surface area (Å²) in [4.78, 5) is 11.2. The molecule has 0 bridgehead atoms. The molecule has 0 saturated heterocycles. The smallest absolute Gasteiger partial charge is 0.360 e. The molecule has 0 fully saturated rings. The fourth-order valence-electron chi connectivity index (χ4n) is 1.87. The van der Waals surface area contributed by atoms with Crippen LogP contribution in [-0.4, -0.2) is 20.9 Å². The molecule has 0 radical (unpaired) electrons. The van der Waals surface area contributed by atoms with Crippen molar-refractivity contribution < 1.29 is 19.1 Å². The first-order valence-corrected chi connectivity index (χ1v) is 6.27. The molecule has 6 nitrogen and oxygen atoms in total. The van der Waals surface area contributed by atoms with Crippen molar-refractivity contribution in [3.8, 4) is 11.4 Å². The maximum absolute atomic E-state index is 11.2. The number of aromatic carboxylic acids is 1. The van der Waals surface area contributed by atoms with Gasteiger partial charge in [0.05, 0.1) is 18.1 Å². The van der Waals surface area contributed by atoms with Crippen molar-refractivity contribution in [1.82, 2.24) is 9.78 Å². The highest BCUT2D eigenvalue weighted by atomic mass is 16.5. The van der Waals surface area contributed by atoms with Crippen molar-refractivity contribution in [2.75, 3.05) is 0 Å². The lowest BCUT2D eigenvalue weighted by Gasteiger charge is -2.01. The van der Waals surface area contributed by atoms with E-state index in [2.05, 4.69) is 5.10 Å². The number of carboxylic acid groups (broad SMARTS) is 1. The lowest BCUT2D eigenvalue weighted by molar-refractivity contribution is 0.0684. The third-order valence-corrected chi connectivity index (χ3v) is 2.85. The molecule has 0 unspecified atom stereocenters. The van der Waals surface area contributed by atoms with Gasteiger partial charge in [-0.3, -0.25) is 0 Å². The van der Waals surface area contributed by atoms with Crippen LogP contribution in [0.2, 0.25) is 0 Å². The lowest BCUT2D eigenvalue weighted by atomic mass is 10.3. The monoisotopic (exact) mass is 284 g/mol. The highest BCUT2D eigenvalue weighted by Gasteiger charge is 2.18. The zero-order valence-electron chi connectivity index (χ0n) is 11.0. The lowest BCUT2D eigenvalue weighted by Crippen LogP contribution is -2.03. The number of furan rings is 1. The molecule has 6 heteroatoms. The minimum Gasteiger partial charge on any atom is -0.481 e. The quantitative estimate of drug-likeness (QED) is 0.779. The third kappa shape index (κ3) is 2.79. The van der Waals surface area contributed by atoms with E-state index >= 15 is 0 Å². The average Bonchev–Trinajstić information content (AvgIpc) is 3.15. The Bertz CT molecular complexity index is 732. The van der Waals surface area contributed by atoms with Gasteiger partial charge in [-0.15, -0.1) is 0 Å². The maximum Gasteiger partial charge on any atom is 0.360 e. The van der Waals surface area contributed by atoms with E-state index in [4.69, 9.17) is 9.15 Å². The van der Waals surface area contributed by atoms with Gasteiger partial charge in [0, 0.05) is 0 Å². The summed E-state index contributed by atoms with van der Waals surface area (Å²) < 4.78 is 12.1. The molecule has 2 aromatic heterocycles. The van der Waals surface area contributed by atoms with Crippen LogP contribution >= 0.6 is 0 Å². The number of ether oxygens (including phenoxy) is 1. The standard InChI is InChI=1S/C15H12N2O4/c18-15(19)14-13(21-10-12-7-4-8-20-12)9-17(16-14)11-5-2-1-3-6-11/h1-9H,10H2,(H,18,19). The first-order valence-electron chi connectivity index (χ1n) is 6.27. The number of aromatic nitrogens is 2. The second kappa shape index (κ2) is 5.54. The Morgan fingerprint density at radius 1 is 1.24 bits per heavy atom. The highest BCUT2D eigenvalue weighted by Crippen LogP contribution is 2.21. The Kier molecular flexibility index (Phi) is 3.42. The van der Waals surface area contributed by atoms with E-state index in [1.54, 1.807) is 18.3 Å². The second-order valence-corrected chi connectivity index (χ2v) is 4.30. The summed E-state index contributed by atoms with van der Waals surface area (Å²) in [6.07, 6.45) is 3.08. The van der Waals surface area contributed by atoms with Gasteiger partial charge in [0.15, 0.2) is 5.75 Å². The Morgan fingerprint density at radius 3 is 2.71 bits per heavy atom. The molecule has 0 aliphatic heterocycles. The fraction of sp³-hybridized carbons (Fsp3) is 0.0667. The van der Waals surface area contributed by atoms with Gasteiger partial charge >= 0.3 is 5.97 Å². The number of benzene rings is 1. The van der Waals surface area contributed by atoms with Gasteiger partial charge in [0.2, 0.25) is 5.69 Å². The summed E-state index contributed by atoms with van der Waals surface area (Å²) in [6, 6.07) is 12.7. The average molecular weight is 284 g/mol. The molecule has 1 aromatic carbocycles. The summed E-state index contributed by atoms with van der Waals surface area (Å²) >= 11 is 0. The number of nitrogens with zero attached hydrogens (tertiary/aromatic N) is 2. The van der Waals surface area contributed by atoms with Crippen LogP contribution in [-0.2, 0) is 6.61 Å². The Balaban J connectivity index is 1.88. The molecule has 0 saturated carbocycles. The van der Waals surface area contributed by atoms with Crippen molar-refractivity contribution in [2.45, 2.75) is 6.61 Å². The van der Waals surface area contributed by atoms with Crippen LogP contribution in [0.25, 0.3) is 5.69 Å². The molecule has 1 N–H and O–H groups in total. The SMILES string of the molecule is O=C(O)c1nn(-c2ccccc2)cc1OCc1ccco1. The van der Waals surface area contributed by atoms with Gasteiger partial charge in [-0.05, 0) is 24.3 Å². The number of hydrogen-bond donors (Lipinski definition) is 1. The maximum atomic E-state index is 11.2. The molecule has 0 aliphatic rings. The van der Waals surface area contributed by atoms with E-state index in [1.165, 1.54) is 10.9 Å². The van der Waals surface area contributed by atoms with Gasteiger partial charge < -0.3 is 14.3 Å². The number of carboxylic acids is 1. The predicted octanol–water partition coefficient (Wildman–Crippen LogP) is 2.74. The summed E-state index contributed by atoms with van der Waals surface area (Å²) in [5, 5.41) is 13.2. The van der Waals surface area contributed by atoms with Gasteiger partial charge in [0.25, 0.3) is 0 Å². The molecular formula is C15H12N2O4. The first kappa shape index (κ1) is 13.0. The third-order valence-electron chi connectivity index (χ3n) is 2.85. The Morgan fingerprint density at radius 2 is 2.05 bits per heavy atom. The summed E-state index contributed by atoms with van der Waals surface area (Å²) in [7, 11) is 0. The van der Waals surface area contributed by atoms with Crippen molar-refractivity contribution >= 4 is 5.97 Å². The highest BCUT2D eigenvalue weighted by molar-refractivity contribution is 5.88. The number of hydrogen-bond acceptors (Lipinski definition) is 4. The van der Waals surface area contributed by atoms with Gasteiger partial charge in [-0.25, -0.2) is 9.48 Å². The van der Waals surface area contributed by atoms with Crippen molar-refractivity contribution in [2.24, 2.45) is 0 Å². The second-order valence-electron chi connectivity index (χ2n) is 4.30. The van der Waals surface area contributed by atoms with Crippen LogP contribution in [0.15, 0.2) is 59.3 Å². The molecular weight excluding hydrogens is 272 g/mol. The van der Waals surface area contributed by atoms with Gasteiger partial charge in [-0.2, -0.15) is 5.10 Å². The largest absolute Gasteiger partial charge is 0.481 e. The summed E-state index contributed by atoms with van der Waals surface area (Å²) in [6.45, 7) is 0.147. The van der Waals surface area contributed by atoms with E-state index in [0.717, 1.165) is 5.69 Å². The van der Waals surface area contributed by atoms with Crippen molar-refractivity contribution in [3.63, 3.8) is 0 Å². The normalized spacial score (nSPS) is 10.5. The Labute approximate surface area is 120 Å². The molecule has 0 amide bonds. The zero-order chi connectivity index (χ0) is 14.7. The van der Waals surface area contributed by atoms with Crippen LogP contribution < -0.4 is 4.74 Å². The van der Waals surface area contributed by atoms with Crippen LogP contribution in [0.1, 0.15) is 16.2 Å². The fourth-order valence-corrected chi connectivity index (χ4v) is 1.87. The van der Waals surface area contributed by atoms with Crippen LogP contribution in [0.3, 0.4) is 0 Å². The molecule has 106 valence electrons. The van der Waals surface area contributed by atoms with E-state index in [0.29, 0.717) is 5.76 Å². The molecule has 0 spiro atoms. The van der Waals surface area contributed by atoms with E-state index in [-0.39, 0.29) is 18.1 Å². The minimum absolute atomic E-state index is 0.134. The summed E-state index contributed by atoms with van der Waals surface area (Å²) in [5.41, 5.74) is 0.623. The van der Waals surface area contributed by atoms with Crippen LogP contribution in [0.5, 0.6) is 5.75 Å². The van der Waals surface area contributed by atoms with Gasteiger partial charge in [-0.1, -0.05) is 18.2 Å². The Hall–Kier alpha value is -3.02. The number of para-hydroxylation sites is 1. The van der Waals surface area contributed by atoms with Crippen molar-refractivity contribution in [3.05, 3.63) is 66.4 Å². The van der Waals surface area contributed by atoms with Gasteiger partial charge in [0.1, 0.15) is 12.4 Å². The van der Waals surface area contributed by atoms with Crippen molar-refractivity contribution in [1.29, 1.82) is 0 Å². The van der Waals surface area contributed by atoms with E-state index in [9.17, 15) is 9.90 Å². The predicted molar refractivity (Wildman–Crippen MR) is 73.6 cm³/mol. The molecule has 0 aliphatic carbocycles. The van der Waals surface area contributed by atoms with Crippen LogP contribution in [0.4, 0.5) is 0 Å². The van der Waals surface area contributed by atoms with Crippen LogP contribution in [0, 0.1) is 0 Å². The molecule has 2 heterocycles.